The van der Waals surface area contributed by atoms with Gasteiger partial charge in [-0.1, -0.05) is 30.3 Å². The first kappa shape index (κ1) is 12.6. The molecule has 1 unspecified atom stereocenters. The van der Waals surface area contributed by atoms with E-state index in [1.165, 1.54) is 18.4 Å². The van der Waals surface area contributed by atoms with Crippen molar-refractivity contribution in [2.75, 3.05) is 13.1 Å². The number of nitrogens with one attached hydrogen (secondary N) is 1. The maximum Gasteiger partial charge on any atom is 0.0707 e. The molecule has 2 heteroatoms. The van der Waals surface area contributed by atoms with Crippen molar-refractivity contribution in [2.24, 2.45) is 0 Å². The Balaban J connectivity index is 1.61. The Morgan fingerprint density at radius 2 is 2.06 bits per heavy atom. The molecule has 1 aromatic rings. The third-order valence-electron chi connectivity index (χ3n) is 3.36. The molecule has 0 bridgehead atoms. The molecule has 1 saturated heterocycles. The topological polar surface area (TPSA) is 21.3 Å². The predicted octanol–water partition coefficient (Wildman–Crippen LogP) is 2.78. The third-order valence-corrected chi connectivity index (χ3v) is 3.36. The van der Waals surface area contributed by atoms with Crippen molar-refractivity contribution in [3.8, 4) is 0 Å². The highest BCUT2D eigenvalue weighted by atomic mass is 16.5. The van der Waals surface area contributed by atoms with Gasteiger partial charge in [0.1, 0.15) is 0 Å². The lowest BCUT2D eigenvalue weighted by Crippen LogP contribution is -2.30. The monoisotopic (exact) mass is 233 g/mol. The smallest absolute Gasteiger partial charge is 0.0707 e. The van der Waals surface area contributed by atoms with E-state index in [1.807, 2.05) is 0 Å². The molecule has 2 rings (SSSR count). The largest absolute Gasteiger partial charge is 0.371 e. The molecule has 0 aliphatic carbocycles. The number of benzene rings is 1. The van der Waals surface area contributed by atoms with Gasteiger partial charge in [0.25, 0.3) is 0 Å². The first-order valence-corrected chi connectivity index (χ1v) is 6.58. The van der Waals surface area contributed by atoms with Gasteiger partial charge in [-0.2, -0.15) is 0 Å². The van der Waals surface area contributed by atoms with Crippen molar-refractivity contribution >= 4 is 0 Å². The molecule has 1 atom stereocenters. The second-order valence-electron chi connectivity index (χ2n) is 5.48. The molecule has 1 aliphatic rings. The quantitative estimate of drug-likeness (QED) is 0.790. The van der Waals surface area contributed by atoms with Gasteiger partial charge in [-0.15, -0.1) is 0 Å². The molecule has 0 amide bonds. The van der Waals surface area contributed by atoms with Gasteiger partial charge in [0.2, 0.25) is 0 Å². The van der Waals surface area contributed by atoms with Gasteiger partial charge in [0.05, 0.1) is 11.7 Å². The molecular formula is C15H23NO. The SMILES string of the molecule is CC1(C)CCC(CNCCc2ccccc2)O1. The lowest BCUT2D eigenvalue weighted by molar-refractivity contribution is -0.0140. The van der Waals surface area contributed by atoms with Crippen molar-refractivity contribution < 1.29 is 4.74 Å². The van der Waals surface area contributed by atoms with Crippen LogP contribution in [0.5, 0.6) is 0 Å². The minimum atomic E-state index is 0.0891. The first-order chi connectivity index (χ1) is 8.16. The fraction of sp³-hybridized carbons (Fsp3) is 0.600. The molecule has 1 heterocycles. The van der Waals surface area contributed by atoms with E-state index in [0.717, 1.165) is 19.5 Å². The van der Waals surface area contributed by atoms with Gasteiger partial charge in [0, 0.05) is 6.54 Å². The number of ether oxygens (including phenoxy) is 1. The van der Waals surface area contributed by atoms with Gasteiger partial charge in [-0.05, 0) is 45.2 Å². The minimum absolute atomic E-state index is 0.0891. The van der Waals surface area contributed by atoms with Gasteiger partial charge < -0.3 is 10.1 Å². The lowest BCUT2D eigenvalue weighted by atomic mass is 10.1. The van der Waals surface area contributed by atoms with E-state index in [9.17, 15) is 0 Å². The van der Waals surface area contributed by atoms with Crippen molar-refractivity contribution in [3.63, 3.8) is 0 Å². The van der Waals surface area contributed by atoms with Crippen LogP contribution < -0.4 is 5.32 Å². The van der Waals surface area contributed by atoms with E-state index >= 15 is 0 Å². The van der Waals surface area contributed by atoms with Crippen molar-refractivity contribution in [3.05, 3.63) is 35.9 Å². The Morgan fingerprint density at radius 1 is 1.29 bits per heavy atom. The molecule has 17 heavy (non-hydrogen) atoms. The van der Waals surface area contributed by atoms with Crippen LogP contribution >= 0.6 is 0 Å². The van der Waals surface area contributed by atoms with Gasteiger partial charge in [-0.3, -0.25) is 0 Å². The zero-order valence-electron chi connectivity index (χ0n) is 10.9. The summed E-state index contributed by atoms with van der Waals surface area (Å²) in [5.41, 5.74) is 1.49. The van der Waals surface area contributed by atoms with E-state index in [4.69, 9.17) is 4.74 Å². The van der Waals surface area contributed by atoms with Crippen LogP contribution in [-0.2, 0) is 11.2 Å². The summed E-state index contributed by atoms with van der Waals surface area (Å²) in [6.07, 6.45) is 3.86. The Morgan fingerprint density at radius 3 is 2.71 bits per heavy atom. The molecule has 2 nitrogen and oxygen atoms in total. The van der Waals surface area contributed by atoms with E-state index in [2.05, 4.69) is 49.5 Å². The third kappa shape index (κ3) is 4.14. The molecule has 94 valence electrons. The summed E-state index contributed by atoms with van der Waals surface area (Å²) in [5, 5.41) is 3.49. The van der Waals surface area contributed by atoms with Crippen LogP contribution in [0.25, 0.3) is 0 Å². The van der Waals surface area contributed by atoms with Crippen LogP contribution in [-0.4, -0.2) is 24.8 Å². The normalized spacial score (nSPS) is 22.8. The van der Waals surface area contributed by atoms with Crippen LogP contribution in [0.15, 0.2) is 30.3 Å². The Kier molecular flexibility index (Phi) is 4.19. The van der Waals surface area contributed by atoms with Crippen molar-refractivity contribution in [1.82, 2.24) is 5.32 Å². The summed E-state index contributed by atoms with van der Waals surface area (Å²) < 4.78 is 5.94. The Hall–Kier alpha value is -0.860. The van der Waals surface area contributed by atoms with Crippen molar-refractivity contribution in [1.29, 1.82) is 0 Å². The van der Waals surface area contributed by atoms with E-state index < -0.39 is 0 Å². The van der Waals surface area contributed by atoms with E-state index in [0.29, 0.717) is 6.10 Å². The van der Waals surface area contributed by atoms with Crippen LogP contribution in [0.2, 0.25) is 0 Å². The molecule has 0 saturated carbocycles. The highest BCUT2D eigenvalue weighted by molar-refractivity contribution is 5.14. The standard InChI is InChI=1S/C15H23NO/c1-15(2)10-8-14(17-15)12-16-11-9-13-6-4-3-5-7-13/h3-7,14,16H,8-12H2,1-2H3. The Labute approximate surface area is 104 Å². The first-order valence-electron chi connectivity index (χ1n) is 6.58. The second kappa shape index (κ2) is 5.65. The van der Waals surface area contributed by atoms with Crippen LogP contribution in [0.1, 0.15) is 32.3 Å². The van der Waals surface area contributed by atoms with Gasteiger partial charge >= 0.3 is 0 Å². The van der Waals surface area contributed by atoms with Crippen LogP contribution in [0.4, 0.5) is 0 Å². The van der Waals surface area contributed by atoms with E-state index in [-0.39, 0.29) is 5.60 Å². The maximum atomic E-state index is 5.94. The molecule has 1 aliphatic heterocycles. The summed E-state index contributed by atoms with van der Waals surface area (Å²) in [5.74, 6) is 0. The Bertz CT molecular complexity index is 334. The van der Waals surface area contributed by atoms with Gasteiger partial charge in [0.15, 0.2) is 0 Å². The summed E-state index contributed by atoms with van der Waals surface area (Å²) in [7, 11) is 0. The number of hydrogen-bond donors (Lipinski definition) is 1. The lowest BCUT2D eigenvalue weighted by Gasteiger charge is -2.19. The average molecular weight is 233 g/mol. The zero-order valence-corrected chi connectivity index (χ0v) is 10.9. The summed E-state index contributed by atoms with van der Waals surface area (Å²) in [4.78, 5) is 0. The molecule has 1 aromatic carbocycles. The van der Waals surface area contributed by atoms with E-state index in [1.54, 1.807) is 0 Å². The summed E-state index contributed by atoms with van der Waals surface area (Å²) >= 11 is 0. The molecule has 0 radical (unpaired) electrons. The minimum Gasteiger partial charge on any atom is -0.371 e. The van der Waals surface area contributed by atoms with Gasteiger partial charge in [-0.25, -0.2) is 0 Å². The fourth-order valence-corrected chi connectivity index (χ4v) is 2.36. The number of rotatable bonds is 5. The second-order valence-corrected chi connectivity index (χ2v) is 5.48. The van der Waals surface area contributed by atoms with Crippen LogP contribution in [0.3, 0.4) is 0 Å². The highest BCUT2D eigenvalue weighted by Gasteiger charge is 2.30. The molecule has 1 fully saturated rings. The fourth-order valence-electron chi connectivity index (χ4n) is 2.36. The molecular weight excluding hydrogens is 210 g/mol. The maximum absolute atomic E-state index is 5.94. The van der Waals surface area contributed by atoms with Crippen LogP contribution in [0, 0.1) is 0 Å². The predicted molar refractivity (Wildman–Crippen MR) is 71.2 cm³/mol. The number of hydrogen-bond acceptors (Lipinski definition) is 2. The molecule has 0 spiro atoms. The zero-order chi connectivity index (χ0) is 12.1. The summed E-state index contributed by atoms with van der Waals surface area (Å²) in [6.45, 7) is 6.37. The molecule has 1 N–H and O–H groups in total. The molecule has 0 aromatic heterocycles. The highest BCUT2D eigenvalue weighted by Crippen LogP contribution is 2.28. The average Bonchev–Trinajstić information content (AvgIpc) is 2.66. The van der Waals surface area contributed by atoms with Crippen molar-refractivity contribution in [2.45, 2.75) is 44.8 Å². The summed E-state index contributed by atoms with van der Waals surface area (Å²) in [6, 6.07) is 10.6.